The van der Waals surface area contributed by atoms with Crippen molar-refractivity contribution in [2.75, 3.05) is 11.9 Å². The zero-order valence-corrected chi connectivity index (χ0v) is 17.6. The summed E-state index contributed by atoms with van der Waals surface area (Å²) in [7, 11) is 0. The summed E-state index contributed by atoms with van der Waals surface area (Å²) in [5.74, 6) is -0.103. The molecule has 2 N–H and O–H groups in total. The molecule has 1 aliphatic rings. The molecule has 1 aliphatic carbocycles. The fourth-order valence-corrected chi connectivity index (χ4v) is 4.52. The number of rotatable bonds is 6. The highest BCUT2D eigenvalue weighted by molar-refractivity contribution is 7.18. The van der Waals surface area contributed by atoms with Crippen LogP contribution in [0.3, 0.4) is 0 Å². The maximum absolute atomic E-state index is 12.4. The molecule has 8 heteroatoms. The Bertz CT molecular complexity index is 874. The van der Waals surface area contributed by atoms with Gasteiger partial charge in [0.05, 0.1) is 11.3 Å². The summed E-state index contributed by atoms with van der Waals surface area (Å²) < 4.78 is 10.2. The minimum atomic E-state index is -0.578. The van der Waals surface area contributed by atoms with E-state index in [9.17, 15) is 14.4 Å². The molecule has 2 heterocycles. The Hall–Kier alpha value is -2.61. The van der Waals surface area contributed by atoms with E-state index in [1.54, 1.807) is 25.1 Å². The van der Waals surface area contributed by atoms with Gasteiger partial charge in [0.15, 0.2) is 12.4 Å². The fraction of sp³-hybridized carbons (Fsp3) is 0.476. The highest BCUT2D eigenvalue weighted by Gasteiger charge is 2.28. The summed E-state index contributed by atoms with van der Waals surface area (Å²) in [6, 6.07) is 4.99. The second-order valence-electron chi connectivity index (χ2n) is 7.57. The van der Waals surface area contributed by atoms with Crippen LogP contribution in [0.2, 0.25) is 0 Å². The van der Waals surface area contributed by atoms with Crippen LogP contribution in [-0.2, 0) is 9.53 Å². The second-order valence-corrected chi connectivity index (χ2v) is 8.62. The maximum Gasteiger partial charge on any atom is 0.349 e. The number of amides is 2. The Morgan fingerprint density at radius 3 is 2.79 bits per heavy atom. The smallest absolute Gasteiger partial charge is 0.349 e. The first-order valence-corrected chi connectivity index (χ1v) is 10.6. The summed E-state index contributed by atoms with van der Waals surface area (Å²) in [4.78, 5) is 37.0. The van der Waals surface area contributed by atoms with Gasteiger partial charge < -0.3 is 19.8 Å². The van der Waals surface area contributed by atoms with Crippen LogP contribution in [0, 0.1) is 18.8 Å². The number of anilines is 1. The van der Waals surface area contributed by atoms with Crippen LogP contribution in [-0.4, -0.2) is 30.4 Å². The standard InChI is InChI=1S/C21H26N2O5S/c1-12-6-4-7-15(14(12)3)22-17(24)11-28-21(26)19-13(2)10-18(29-19)23-20(25)16-8-5-9-27-16/h5,8-10,12,14-15H,4,6-7,11H2,1-3H3,(H,22,24)(H,23,25). The molecule has 156 valence electrons. The summed E-state index contributed by atoms with van der Waals surface area (Å²) in [5.41, 5.74) is 0.671. The summed E-state index contributed by atoms with van der Waals surface area (Å²) in [5, 5.41) is 6.18. The van der Waals surface area contributed by atoms with E-state index in [-0.39, 0.29) is 24.3 Å². The number of hydrogen-bond acceptors (Lipinski definition) is 6. The number of furan rings is 1. The largest absolute Gasteiger partial charge is 0.459 e. The normalized spacial score (nSPS) is 21.4. The van der Waals surface area contributed by atoms with Gasteiger partial charge in [0.25, 0.3) is 11.8 Å². The molecule has 29 heavy (non-hydrogen) atoms. The van der Waals surface area contributed by atoms with E-state index in [0.29, 0.717) is 27.3 Å². The predicted molar refractivity (Wildman–Crippen MR) is 110 cm³/mol. The monoisotopic (exact) mass is 418 g/mol. The first-order chi connectivity index (χ1) is 13.8. The highest BCUT2D eigenvalue weighted by atomic mass is 32.1. The van der Waals surface area contributed by atoms with E-state index in [2.05, 4.69) is 24.5 Å². The van der Waals surface area contributed by atoms with Crippen LogP contribution in [0.15, 0.2) is 28.9 Å². The summed E-state index contributed by atoms with van der Waals surface area (Å²) in [6.07, 6.45) is 4.64. The zero-order chi connectivity index (χ0) is 21.0. The number of carbonyl (C=O) groups is 3. The molecule has 0 bridgehead atoms. The Labute approximate surface area is 173 Å². The lowest BCUT2D eigenvalue weighted by atomic mass is 9.78. The van der Waals surface area contributed by atoms with Gasteiger partial charge in [-0.1, -0.05) is 26.7 Å². The summed E-state index contributed by atoms with van der Waals surface area (Å²) in [6.45, 7) is 5.78. The molecular weight excluding hydrogens is 392 g/mol. The Morgan fingerprint density at radius 2 is 2.07 bits per heavy atom. The molecule has 3 unspecified atom stereocenters. The highest BCUT2D eigenvalue weighted by Crippen LogP contribution is 2.30. The number of thiophene rings is 1. The molecule has 0 spiro atoms. The van der Waals surface area contributed by atoms with Crippen molar-refractivity contribution in [3.63, 3.8) is 0 Å². The van der Waals surface area contributed by atoms with Crippen molar-refractivity contribution in [1.29, 1.82) is 0 Å². The third-order valence-corrected chi connectivity index (χ3v) is 6.61. The molecule has 1 saturated carbocycles. The SMILES string of the molecule is Cc1cc(NC(=O)c2ccco2)sc1C(=O)OCC(=O)NC1CCCC(C)C1C. The van der Waals surface area contributed by atoms with Crippen LogP contribution < -0.4 is 10.6 Å². The van der Waals surface area contributed by atoms with Crippen molar-refractivity contribution in [2.24, 2.45) is 11.8 Å². The molecule has 1 fully saturated rings. The Kier molecular flexibility index (Phi) is 6.74. The lowest BCUT2D eigenvalue weighted by Crippen LogP contribution is -2.45. The van der Waals surface area contributed by atoms with Gasteiger partial charge in [-0.05, 0) is 48.9 Å². The van der Waals surface area contributed by atoms with Gasteiger partial charge in [-0.2, -0.15) is 0 Å². The topological polar surface area (TPSA) is 97.6 Å². The first kappa shape index (κ1) is 21.1. The van der Waals surface area contributed by atoms with E-state index in [1.807, 2.05) is 0 Å². The van der Waals surface area contributed by atoms with Gasteiger partial charge in [0.2, 0.25) is 0 Å². The van der Waals surface area contributed by atoms with Gasteiger partial charge in [-0.15, -0.1) is 11.3 Å². The lowest BCUT2D eigenvalue weighted by molar-refractivity contribution is -0.125. The average molecular weight is 419 g/mol. The number of carbonyl (C=O) groups excluding carboxylic acids is 3. The zero-order valence-electron chi connectivity index (χ0n) is 16.8. The average Bonchev–Trinajstić information content (AvgIpc) is 3.33. The van der Waals surface area contributed by atoms with Crippen molar-refractivity contribution in [2.45, 2.75) is 46.1 Å². The van der Waals surface area contributed by atoms with Gasteiger partial charge >= 0.3 is 5.97 Å². The van der Waals surface area contributed by atoms with Gasteiger partial charge in [0.1, 0.15) is 4.88 Å². The predicted octanol–water partition coefficient (Wildman–Crippen LogP) is 4.00. The maximum atomic E-state index is 12.4. The Morgan fingerprint density at radius 1 is 1.28 bits per heavy atom. The molecule has 7 nitrogen and oxygen atoms in total. The molecule has 0 aliphatic heterocycles. The number of hydrogen-bond donors (Lipinski definition) is 2. The molecule has 2 aromatic rings. The fourth-order valence-electron chi connectivity index (χ4n) is 3.56. The second kappa shape index (κ2) is 9.26. The number of aryl methyl sites for hydroxylation is 1. The molecular formula is C21H26N2O5S. The van der Waals surface area contributed by atoms with Crippen molar-refractivity contribution >= 4 is 34.1 Å². The third kappa shape index (κ3) is 5.26. The number of ether oxygens (including phenoxy) is 1. The van der Waals surface area contributed by atoms with E-state index < -0.39 is 11.9 Å². The minimum absolute atomic E-state index is 0.122. The van der Waals surface area contributed by atoms with Gasteiger partial charge in [-0.25, -0.2) is 4.79 Å². The molecule has 3 atom stereocenters. The van der Waals surface area contributed by atoms with Crippen LogP contribution in [0.25, 0.3) is 0 Å². The number of esters is 1. The number of nitrogens with one attached hydrogen (secondary N) is 2. The summed E-state index contributed by atoms with van der Waals surface area (Å²) >= 11 is 1.10. The van der Waals surface area contributed by atoms with E-state index in [0.717, 1.165) is 24.2 Å². The van der Waals surface area contributed by atoms with Crippen LogP contribution in [0.4, 0.5) is 5.00 Å². The lowest BCUT2D eigenvalue weighted by Gasteiger charge is -2.34. The van der Waals surface area contributed by atoms with Gasteiger partial charge in [-0.3, -0.25) is 9.59 Å². The van der Waals surface area contributed by atoms with Crippen molar-refractivity contribution < 1.29 is 23.5 Å². The molecule has 0 radical (unpaired) electrons. The first-order valence-electron chi connectivity index (χ1n) is 9.77. The van der Waals surface area contributed by atoms with E-state index in [1.165, 1.54) is 12.7 Å². The molecule has 2 amide bonds. The van der Waals surface area contributed by atoms with Crippen molar-refractivity contribution in [3.05, 3.63) is 40.7 Å². The van der Waals surface area contributed by atoms with E-state index in [4.69, 9.17) is 9.15 Å². The van der Waals surface area contributed by atoms with E-state index >= 15 is 0 Å². The van der Waals surface area contributed by atoms with Crippen molar-refractivity contribution in [3.8, 4) is 0 Å². The van der Waals surface area contributed by atoms with Crippen LogP contribution >= 0.6 is 11.3 Å². The molecule has 0 aromatic carbocycles. The van der Waals surface area contributed by atoms with Crippen LogP contribution in [0.5, 0.6) is 0 Å². The molecule has 0 saturated heterocycles. The van der Waals surface area contributed by atoms with Gasteiger partial charge in [0, 0.05) is 6.04 Å². The molecule has 3 rings (SSSR count). The third-order valence-electron chi connectivity index (χ3n) is 5.47. The molecule has 2 aromatic heterocycles. The minimum Gasteiger partial charge on any atom is -0.459 e. The van der Waals surface area contributed by atoms with Crippen LogP contribution in [0.1, 0.15) is 58.9 Å². The quantitative estimate of drug-likeness (QED) is 0.691. The Balaban J connectivity index is 1.52. The van der Waals surface area contributed by atoms with Crippen molar-refractivity contribution in [1.82, 2.24) is 5.32 Å².